The van der Waals surface area contributed by atoms with Gasteiger partial charge < -0.3 is 20.7 Å². The Hall–Kier alpha value is -2.30. The second kappa shape index (κ2) is 7.61. The minimum atomic E-state index is -0.765. The van der Waals surface area contributed by atoms with Crippen LogP contribution in [0.5, 0.6) is 0 Å². The Labute approximate surface area is 165 Å². The van der Waals surface area contributed by atoms with Crippen molar-refractivity contribution in [2.45, 2.75) is 77.0 Å². The summed E-state index contributed by atoms with van der Waals surface area (Å²) in [5, 5.41) is 17.7. The van der Waals surface area contributed by atoms with E-state index in [1.54, 1.807) is 20.8 Å². The van der Waals surface area contributed by atoms with Gasteiger partial charge in [0.15, 0.2) is 0 Å². The number of carbonyl (C=O) groups is 3. The SMILES string of the molecule is CC(C)(C)OC(=O)NC(C(=O)N[C@H](C#N)C[C@@H]1CCNC1=O)C12CCCC1C2. The molecule has 1 heterocycles. The lowest BCUT2D eigenvalue weighted by Crippen LogP contribution is -2.55. The minimum Gasteiger partial charge on any atom is -0.444 e. The van der Waals surface area contributed by atoms with Gasteiger partial charge in [-0.3, -0.25) is 9.59 Å². The highest BCUT2D eigenvalue weighted by Crippen LogP contribution is 2.65. The smallest absolute Gasteiger partial charge is 0.408 e. The number of nitriles is 1. The molecule has 28 heavy (non-hydrogen) atoms. The van der Waals surface area contributed by atoms with Crippen LogP contribution in [-0.2, 0) is 14.3 Å². The lowest BCUT2D eigenvalue weighted by Gasteiger charge is -2.29. The normalized spacial score (nSPS) is 30.4. The molecular weight excluding hydrogens is 360 g/mol. The van der Waals surface area contributed by atoms with Crippen LogP contribution >= 0.6 is 0 Å². The Morgan fingerprint density at radius 1 is 1.36 bits per heavy atom. The van der Waals surface area contributed by atoms with Crippen molar-refractivity contribution in [3.05, 3.63) is 0 Å². The molecule has 3 N–H and O–H groups in total. The molecule has 154 valence electrons. The molecule has 8 heteroatoms. The van der Waals surface area contributed by atoms with Gasteiger partial charge in [0.2, 0.25) is 11.8 Å². The summed E-state index contributed by atoms with van der Waals surface area (Å²) in [6.45, 7) is 5.92. The van der Waals surface area contributed by atoms with Gasteiger partial charge in [-0.2, -0.15) is 5.26 Å². The van der Waals surface area contributed by atoms with Crippen LogP contribution < -0.4 is 16.0 Å². The molecule has 3 amide bonds. The molecule has 0 bridgehead atoms. The van der Waals surface area contributed by atoms with E-state index in [9.17, 15) is 19.6 Å². The van der Waals surface area contributed by atoms with E-state index >= 15 is 0 Å². The van der Waals surface area contributed by atoms with Crippen molar-refractivity contribution in [3.63, 3.8) is 0 Å². The van der Waals surface area contributed by atoms with Crippen LogP contribution in [0.2, 0.25) is 0 Å². The number of fused-ring (bicyclic) bond motifs is 1. The highest BCUT2D eigenvalue weighted by molar-refractivity contribution is 5.88. The van der Waals surface area contributed by atoms with Crippen molar-refractivity contribution in [1.82, 2.24) is 16.0 Å². The number of hydrogen-bond acceptors (Lipinski definition) is 5. The first-order valence-corrected chi connectivity index (χ1v) is 10.1. The average molecular weight is 390 g/mol. The third-order valence-corrected chi connectivity index (χ3v) is 6.13. The van der Waals surface area contributed by atoms with Gasteiger partial charge in [0.1, 0.15) is 17.7 Å². The summed E-state index contributed by atoms with van der Waals surface area (Å²) in [6.07, 6.45) is 4.21. The van der Waals surface area contributed by atoms with Crippen LogP contribution in [0.4, 0.5) is 4.79 Å². The molecule has 0 aromatic carbocycles. The Morgan fingerprint density at radius 2 is 2.11 bits per heavy atom. The summed E-state index contributed by atoms with van der Waals surface area (Å²) < 4.78 is 5.35. The molecule has 2 saturated carbocycles. The monoisotopic (exact) mass is 390 g/mol. The van der Waals surface area contributed by atoms with E-state index < -0.39 is 23.8 Å². The first kappa shape index (κ1) is 20.4. The Balaban J connectivity index is 1.67. The maximum absolute atomic E-state index is 13.1. The maximum Gasteiger partial charge on any atom is 0.408 e. The first-order chi connectivity index (χ1) is 13.1. The highest BCUT2D eigenvalue weighted by Gasteiger charge is 2.63. The molecule has 3 aliphatic rings. The molecule has 0 aromatic rings. The Morgan fingerprint density at radius 3 is 2.61 bits per heavy atom. The molecule has 3 rings (SSSR count). The lowest BCUT2D eigenvalue weighted by molar-refractivity contribution is -0.126. The Bertz CT molecular complexity index is 695. The molecular formula is C20H30N4O4. The predicted octanol–water partition coefficient (Wildman–Crippen LogP) is 1.60. The van der Waals surface area contributed by atoms with Crippen LogP contribution in [0.3, 0.4) is 0 Å². The molecule has 1 saturated heterocycles. The van der Waals surface area contributed by atoms with Gasteiger partial charge in [-0.15, -0.1) is 0 Å². The third-order valence-electron chi connectivity index (χ3n) is 6.13. The summed E-state index contributed by atoms with van der Waals surface area (Å²) in [6, 6.07) is 0.604. The van der Waals surface area contributed by atoms with Gasteiger partial charge >= 0.3 is 6.09 Å². The molecule has 1 aliphatic heterocycles. The number of nitrogens with zero attached hydrogens (tertiary/aromatic N) is 1. The topological polar surface area (TPSA) is 120 Å². The average Bonchev–Trinajstić information content (AvgIpc) is 2.92. The fraction of sp³-hybridized carbons (Fsp3) is 0.800. The van der Waals surface area contributed by atoms with Crippen molar-refractivity contribution < 1.29 is 19.1 Å². The van der Waals surface area contributed by atoms with Crippen LogP contribution in [0.15, 0.2) is 0 Å². The van der Waals surface area contributed by atoms with Crippen LogP contribution in [0.25, 0.3) is 0 Å². The van der Waals surface area contributed by atoms with E-state index in [0.717, 1.165) is 25.7 Å². The first-order valence-electron chi connectivity index (χ1n) is 10.1. The van der Waals surface area contributed by atoms with Crippen molar-refractivity contribution in [2.24, 2.45) is 17.3 Å². The summed E-state index contributed by atoms with van der Waals surface area (Å²) >= 11 is 0. The number of hydrogen-bond donors (Lipinski definition) is 3. The molecule has 5 atom stereocenters. The Kier molecular flexibility index (Phi) is 5.55. The quantitative estimate of drug-likeness (QED) is 0.636. The van der Waals surface area contributed by atoms with Crippen molar-refractivity contribution in [3.8, 4) is 6.07 Å². The number of alkyl carbamates (subject to hydrolysis) is 1. The number of rotatable bonds is 6. The molecule has 8 nitrogen and oxygen atoms in total. The standard InChI is InChI=1S/C20H30N4O4/c1-19(2,3)28-18(27)24-15(20-7-4-5-13(20)10-20)17(26)23-14(11-21)9-12-6-8-22-16(12)25/h12-15H,4-10H2,1-3H3,(H,22,25)(H,23,26)(H,24,27)/t12-,13?,14-,15?,20?/m0/s1. The second-order valence-corrected chi connectivity index (χ2v) is 9.31. The fourth-order valence-electron chi connectivity index (χ4n) is 4.72. The molecule has 3 fully saturated rings. The summed E-state index contributed by atoms with van der Waals surface area (Å²) in [7, 11) is 0. The van der Waals surface area contributed by atoms with Crippen LogP contribution in [-0.4, -0.2) is 42.1 Å². The van der Waals surface area contributed by atoms with E-state index in [1.807, 2.05) is 0 Å². The zero-order chi connectivity index (χ0) is 20.5. The van der Waals surface area contributed by atoms with Crippen molar-refractivity contribution in [2.75, 3.05) is 6.54 Å². The lowest BCUT2D eigenvalue weighted by atomic mass is 9.92. The number of ether oxygens (including phenoxy) is 1. The molecule has 0 spiro atoms. The minimum absolute atomic E-state index is 0.0745. The molecule has 3 unspecified atom stereocenters. The molecule has 0 aromatic heterocycles. The zero-order valence-corrected chi connectivity index (χ0v) is 16.8. The van der Waals surface area contributed by atoms with Crippen molar-refractivity contribution >= 4 is 17.9 Å². The molecule has 0 radical (unpaired) electrons. The fourth-order valence-corrected chi connectivity index (χ4v) is 4.72. The van der Waals surface area contributed by atoms with Gasteiger partial charge in [0.05, 0.1) is 6.07 Å². The van der Waals surface area contributed by atoms with Gasteiger partial charge in [-0.1, -0.05) is 6.42 Å². The number of amides is 3. The van der Waals surface area contributed by atoms with E-state index in [0.29, 0.717) is 18.9 Å². The van der Waals surface area contributed by atoms with E-state index in [1.165, 1.54) is 0 Å². The van der Waals surface area contributed by atoms with Gasteiger partial charge in [-0.25, -0.2) is 4.79 Å². The summed E-state index contributed by atoms with van der Waals surface area (Å²) in [5.74, 6) is -0.269. The highest BCUT2D eigenvalue weighted by atomic mass is 16.6. The largest absolute Gasteiger partial charge is 0.444 e. The van der Waals surface area contributed by atoms with Gasteiger partial charge in [0.25, 0.3) is 0 Å². The van der Waals surface area contributed by atoms with E-state index in [2.05, 4.69) is 22.0 Å². The van der Waals surface area contributed by atoms with Gasteiger partial charge in [0, 0.05) is 17.9 Å². The van der Waals surface area contributed by atoms with Gasteiger partial charge in [-0.05, 0) is 58.8 Å². The maximum atomic E-state index is 13.1. The van der Waals surface area contributed by atoms with E-state index in [-0.39, 0.29) is 29.6 Å². The third kappa shape index (κ3) is 4.40. The van der Waals surface area contributed by atoms with Crippen LogP contribution in [0, 0.1) is 28.6 Å². The van der Waals surface area contributed by atoms with E-state index in [4.69, 9.17) is 4.74 Å². The van der Waals surface area contributed by atoms with Crippen LogP contribution in [0.1, 0.15) is 59.3 Å². The zero-order valence-electron chi connectivity index (χ0n) is 16.8. The number of nitrogens with one attached hydrogen (secondary N) is 3. The molecule has 2 aliphatic carbocycles. The number of carbonyl (C=O) groups excluding carboxylic acids is 3. The van der Waals surface area contributed by atoms with Crippen molar-refractivity contribution in [1.29, 1.82) is 5.26 Å². The summed E-state index contributed by atoms with van der Waals surface area (Å²) in [5.41, 5.74) is -0.891. The second-order valence-electron chi connectivity index (χ2n) is 9.31. The predicted molar refractivity (Wildman–Crippen MR) is 101 cm³/mol. The summed E-state index contributed by atoms with van der Waals surface area (Å²) in [4.78, 5) is 37.2.